The topological polar surface area (TPSA) is 46.5 Å². The highest BCUT2D eigenvalue weighted by Crippen LogP contribution is 2.15. The summed E-state index contributed by atoms with van der Waals surface area (Å²) in [5.41, 5.74) is 0.525. The molecule has 0 fully saturated rings. The number of hydrogen-bond donors (Lipinski definition) is 1. The predicted octanol–water partition coefficient (Wildman–Crippen LogP) is 2.50. The van der Waals surface area contributed by atoms with Crippen LogP contribution in [0.4, 0.5) is 0 Å². The smallest absolute Gasteiger partial charge is 0.333 e. The van der Waals surface area contributed by atoms with Gasteiger partial charge in [0.2, 0.25) is 0 Å². The van der Waals surface area contributed by atoms with Gasteiger partial charge in [-0.15, -0.1) is 0 Å². The third-order valence-corrected chi connectivity index (χ3v) is 2.04. The maximum Gasteiger partial charge on any atom is 0.333 e. The van der Waals surface area contributed by atoms with Gasteiger partial charge in [-0.1, -0.05) is 30.3 Å². The molecule has 0 aliphatic heterocycles. The van der Waals surface area contributed by atoms with Crippen LogP contribution in [0.5, 0.6) is 0 Å². The summed E-state index contributed by atoms with van der Waals surface area (Å²) < 4.78 is 5.50. The van der Waals surface area contributed by atoms with Gasteiger partial charge in [-0.05, 0) is 26.3 Å². The Morgan fingerprint density at radius 3 is 2.31 bits per heavy atom. The summed E-state index contributed by atoms with van der Waals surface area (Å²) in [5, 5.41) is 9.07. The molecule has 3 heteroatoms. The van der Waals surface area contributed by atoms with Gasteiger partial charge in [0, 0.05) is 6.42 Å². The van der Waals surface area contributed by atoms with Crippen molar-refractivity contribution in [1.82, 2.24) is 0 Å². The number of carboxylic acid groups (broad SMARTS) is 1. The molecule has 0 amide bonds. The predicted molar refractivity (Wildman–Crippen MR) is 62.4 cm³/mol. The van der Waals surface area contributed by atoms with E-state index >= 15 is 0 Å². The first-order valence-corrected chi connectivity index (χ1v) is 5.33. The summed E-state index contributed by atoms with van der Waals surface area (Å²) in [5.74, 6) is -0.918. The van der Waals surface area contributed by atoms with Gasteiger partial charge in [0.25, 0.3) is 0 Å². The summed E-state index contributed by atoms with van der Waals surface area (Å²) in [6, 6.07) is 9.50. The molecule has 0 aliphatic carbocycles. The van der Waals surface area contributed by atoms with Crippen molar-refractivity contribution < 1.29 is 14.6 Å². The fraction of sp³-hybridized carbons (Fsp3) is 0.462. The standard InChI is InChI=1S/C13H18O3/c1-13(2,3)16-11(12(14)15)9-10-7-5-4-6-8-10/h4-8,11H,9H2,1-3H3,(H,14,15). The molecule has 0 heterocycles. The Labute approximate surface area is 96.1 Å². The quantitative estimate of drug-likeness (QED) is 0.851. The molecule has 1 unspecified atom stereocenters. The van der Waals surface area contributed by atoms with Gasteiger partial charge in [-0.3, -0.25) is 0 Å². The highest BCUT2D eigenvalue weighted by Gasteiger charge is 2.24. The lowest BCUT2D eigenvalue weighted by Crippen LogP contribution is -2.34. The minimum atomic E-state index is -0.918. The largest absolute Gasteiger partial charge is 0.479 e. The highest BCUT2D eigenvalue weighted by atomic mass is 16.5. The molecule has 0 saturated carbocycles. The maximum absolute atomic E-state index is 11.1. The molecule has 1 atom stereocenters. The molecular formula is C13H18O3. The summed E-state index contributed by atoms with van der Waals surface area (Å²) in [4.78, 5) is 11.1. The van der Waals surface area contributed by atoms with Gasteiger partial charge < -0.3 is 9.84 Å². The summed E-state index contributed by atoms with van der Waals surface area (Å²) >= 11 is 0. The third kappa shape index (κ3) is 4.45. The van der Waals surface area contributed by atoms with Gasteiger partial charge >= 0.3 is 5.97 Å². The molecule has 88 valence electrons. The second-order valence-corrected chi connectivity index (χ2v) is 4.75. The molecule has 1 rings (SSSR count). The van der Waals surface area contributed by atoms with E-state index in [0.29, 0.717) is 6.42 Å². The van der Waals surface area contributed by atoms with Crippen LogP contribution in [-0.2, 0) is 16.0 Å². The van der Waals surface area contributed by atoms with E-state index in [1.165, 1.54) is 0 Å². The summed E-state index contributed by atoms with van der Waals surface area (Å²) in [7, 11) is 0. The van der Waals surface area contributed by atoms with E-state index in [2.05, 4.69) is 0 Å². The lowest BCUT2D eigenvalue weighted by atomic mass is 10.1. The Hall–Kier alpha value is -1.35. The Morgan fingerprint density at radius 2 is 1.88 bits per heavy atom. The van der Waals surface area contributed by atoms with Crippen molar-refractivity contribution in [1.29, 1.82) is 0 Å². The maximum atomic E-state index is 11.1. The van der Waals surface area contributed by atoms with Gasteiger partial charge in [-0.25, -0.2) is 4.79 Å². The van der Waals surface area contributed by atoms with E-state index in [9.17, 15) is 4.79 Å². The van der Waals surface area contributed by atoms with Gasteiger partial charge in [0.15, 0.2) is 6.10 Å². The molecule has 0 spiro atoms. The van der Waals surface area contributed by atoms with E-state index in [1.807, 2.05) is 51.1 Å². The number of aliphatic carboxylic acids is 1. The van der Waals surface area contributed by atoms with Crippen LogP contribution in [0.25, 0.3) is 0 Å². The minimum absolute atomic E-state index is 0.396. The van der Waals surface area contributed by atoms with Crippen LogP contribution < -0.4 is 0 Å². The van der Waals surface area contributed by atoms with Crippen LogP contribution in [0.1, 0.15) is 26.3 Å². The number of rotatable bonds is 4. The van der Waals surface area contributed by atoms with Crippen molar-refractivity contribution in [3.63, 3.8) is 0 Å². The molecule has 1 aromatic carbocycles. The first kappa shape index (κ1) is 12.7. The molecule has 3 nitrogen and oxygen atoms in total. The average molecular weight is 222 g/mol. The molecular weight excluding hydrogens is 204 g/mol. The van der Waals surface area contributed by atoms with Gasteiger partial charge in [0.1, 0.15) is 0 Å². The summed E-state index contributed by atoms with van der Waals surface area (Å²) in [6.45, 7) is 5.57. The van der Waals surface area contributed by atoms with Crippen LogP contribution >= 0.6 is 0 Å². The minimum Gasteiger partial charge on any atom is -0.479 e. The van der Waals surface area contributed by atoms with E-state index < -0.39 is 17.7 Å². The van der Waals surface area contributed by atoms with Crippen molar-refractivity contribution in [2.24, 2.45) is 0 Å². The molecule has 0 bridgehead atoms. The van der Waals surface area contributed by atoms with E-state index in [0.717, 1.165) is 5.56 Å². The Balaban J connectivity index is 2.70. The lowest BCUT2D eigenvalue weighted by molar-refractivity contribution is -0.159. The number of carboxylic acids is 1. The second kappa shape index (κ2) is 5.12. The fourth-order valence-corrected chi connectivity index (χ4v) is 1.43. The number of benzene rings is 1. The zero-order chi connectivity index (χ0) is 12.2. The molecule has 0 aliphatic rings. The van der Waals surface area contributed by atoms with E-state index in [4.69, 9.17) is 9.84 Å². The van der Waals surface area contributed by atoms with Crippen molar-refractivity contribution in [2.75, 3.05) is 0 Å². The lowest BCUT2D eigenvalue weighted by Gasteiger charge is -2.25. The number of carbonyl (C=O) groups is 1. The monoisotopic (exact) mass is 222 g/mol. The SMILES string of the molecule is CC(C)(C)OC(Cc1ccccc1)C(=O)O. The Bertz CT molecular complexity index is 338. The first-order valence-electron chi connectivity index (χ1n) is 5.33. The van der Waals surface area contributed by atoms with Crippen LogP contribution in [0.3, 0.4) is 0 Å². The molecule has 1 aromatic rings. The molecule has 16 heavy (non-hydrogen) atoms. The van der Waals surface area contributed by atoms with E-state index in [1.54, 1.807) is 0 Å². The van der Waals surface area contributed by atoms with Crippen LogP contribution in [-0.4, -0.2) is 22.8 Å². The fourth-order valence-electron chi connectivity index (χ4n) is 1.43. The first-order chi connectivity index (χ1) is 7.38. The zero-order valence-electron chi connectivity index (χ0n) is 9.93. The van der Waals surface area contributed by atoms with Crippen molar-refractivity contribution in [3.8, 4) is 0 Å². The van der Waals surface area contributed by atoms with E-state index in [-0.39, 0.29) is 0 Å². The van der Waals surface area contributed by atoms with Gasteiger partial charge in [0.05, 0.1) is 5.60 Å². The molecule has 1 N–H and O–H groups in total. The van der Waals surface area contributed by atoms with Crippen LogP contribution in [0.15, 0.2) is 30.3 Å². The van der Waals surface area contributed by atoms with Crippen LogP contribution in [0.2, 0.25) is 0 Å². The molecule has 0 aromatic heterocycles. The van der Waals surface area contributed by atoms with Crippen molar-refractivity contribution in [3.05, 3.63) is 35.9 Å². The Morgan fingerprint density at radius 1 is 1.31 bits per heavy atom. The Kier molecular flexibility index (Phi) is 4.07. The van der Waals surface area contributed by atoms with Crippen LogP contribution in [0, 0.1) is 0 Å². The van der Waals surface area contributed by atoms with Gasteiger partial charge in [-0.2, -0.15) is 0 Å². The zero-order valence-corrected chi connectivity index (χ0v) is 9.93. The normalized spacial score (nSPS) is 13.4. The van der Waals surface area contributed by atoms with Crippen molar-refractivity contribution in [2.45, 2.75) is 38.9 Å². The van der Waals surface area contributed by atoms with Crippen molar-refractivity contribution >= 4 is 5.97 Å². The third-order valence-electron chi connectivity index (χ3n) is 2.04. The average Bonchev–Trinajstić information content (AvgIpc) is 2.16. The second-order valence-electron chi connectivity index (χ2n) is 4.75. The molecule has 0 saturated heterocycles. The number of hydrogen-bond acceptors (Lipinski definition) is 2. The summed E-state index contributed by atoms with van der Waals surface area (Å²) in [6.07, 6.45) is -0.393. The number of ether oxygens (including phenoxy) is 1. The molecule has 0 radical (unpaired) electrons. The highest BCUT2D eigenvalue weighted by molar-refractivity contribution is 5.72.